The summed E-state index contributed by atoms with van der Waals surface area (Å²) in [7, 11) is 0.170. The SMILES string of the molecule is COc1nc(OCC(F)F)ccc1C(C)NS(=O)C(C)(C)C. The number of hydrogen-bond acceptors (Lipinski definition) is 4. The van der Waals surface area contributed by atoms with Gasteiger partial charge in [0.25, 0.3) is 6.43 Å². The van der Waals surface area contributed by atoms with Crippen LogP contribution in [0.3, 0.4) is 0 Å². The standard InChI is InChI=1S/C14H22F2N2O3S/c1-9(18-22(19)14(2,3)4)10-6-7-12(17-13(10)20-5)21-8-11(15)16/h6-7,9,11,18H,8H2,1-5H3. The molecule has 0 fully saturated rings. The minimum Gasteiger partial charge on any atom is -0.481 e. The van der Waals surface area contributed by atoms with E-state index >= 15 is 0 Å². The summed E-state index contributed by atoms with van der Waals surface area (Å²) in [5.74, 6) is 0.308. The smallest absolute Gasteiger partial charge is 0.272 e. The topological polar surface area (TPSA) is 60.5 Å². The molecule has 5 nitrogen and oxygen atoms in total. The molecule has 22 heavy (non-hydrogen) atoms. The third kappa shape index (κ3) is 5.49. The molecule has 0 aliphatic rings. The van der Waals surface area contributed by atoms with E-state index < -0.39 is 28.8 Å². The van der Waals surface area contributed by atoms with Crippen LogP contribution < -0.4 is 14.2 Å². The van der Waals surface area contributed by atoms with Crippen LogP contribution in [0, 0.1) is 0 Å². The number of rotatable bonds is 7. The first kappa shape index (κ1) is 18.8. The van der Waals surface area contributed by atoms with Gasteiger partial charge in [-0.3, -0.25) is 0 Å². The molecular weight excluding hydrogens is 314 g/mol. The van der Waals surface area contributed by atoms with Gasteiger partial charge >= 0.3 is 0 Å². The molecule has 0 amide bonds. The number of nitrogens with zero attached hydrogens (tertiary/aromatic N) is 1. The second kappa shape index (κ2) is 7.82. The van der Waals surface area contributed by atoms with Gasteiger partial charge in [0.15, 0.2) is 6.61 Å². The Morgan fingerprint density at radius 1 is 1.36 bits per heavy atom. The highest BCUT2D eigenvalue weighted by Gasteiger charge is 2.23. The van der Waals surface area contributed by atoms with Crippen molar-refractivity contribution in [3.05, 3.63) is 17.7 Å². The summed E-state index contributed by atoms with van der Waals surface area (Å²) in [5, 5.41) is 0. The van der Waals surface area contributed by atoms with Crippen LogP contribution in [0.25, 0.3) is 0 Å². The van der Waals surface area contributed by atoms with Crippen molar-refractivity contribution in [3.63, 3.8) is 0 Å². The molecule has 0 saturated carbocycles. The Kier molecular flexibility index (Phi) is 6.67. The molecule has 0 spiro atoms. The maximum absolute atomic E-state index is 12.1. The van der Waals surface area contributed by atoms with Gasteiger partial charge in [-0.2, -0.15) is 4.98 Å². The Labute approximate surface area is 132 Å². The zero-order valence-corrected chi connectivity index (χ0v) is 14.2. The van der Waals surface area contributed by atoms with Crippen LogP contribution >= 0.6 is 0 Å². The summed E-state index contributed by atoms with van der Waals surface area (Å²) in [4.78, 5) is 4.04. The van der Waals surface area contributed by atoms with Crippen molar-refractivity contribution in [1.82, 2.24) is 9.71 Å². The fourth-order valence-electron chi connectivity index (χ4n) is 1.56. The Hall–Kier alpha value is -1.28. The Morgan fingerprint density at radius 3 is 2.50 bits per heavy atom. The minimum absolute atomic E-state index is 0.0602. The molecule has 2 unspecified atom stereocenters. The quantitative estimate of drug-likeness (QED) is 0.832. The molecule has 1 rings (SSSR count). The monoisotopic (exact) mass is 336 g/mol. The fourth-order valence-corrected chi connectivity index (χ4v) is 2.36. The first-order valence-electron chi connectivity index (χ1n) is 6.79. The third-order valence-corrected chi connectivity index (χ3v) is 4.40. The van der Waals surface area contributed by atoms with Gasteiger partial charge in [0.2, 0.25) is 11.8 Å². The van der Waals surface area contributed by atoms with Crippen LogP contribution in [0.5, 0.6) is 11.8 Å². The van der Waals surface area contributed by atoms with Crippen molar-refractivity contribution in [2.24, 2.45) is 0 Å². The lowest BCUT2D eigenvalue weighted by Gasteiger charge is -2.23. The van der Waals surface area contributed by atoms with E-state index in [4.69, 9.17) is 9.47 Å². The summed E-state index contributed by atoms with van der Waals surface area (Å²) < 4.78 is 49.0. The van der Waals surface area contributed by atoms with Gasteiger partial charge < -0.3 is 9.47 Å². The van der Waals surface area contributed by atoms with Crippen LogP contribution in [0.2, 0.25) is 0 Å². The van der Waals surface area contributed by atoms with Crippen LogP contribution in [-0.4, -0.2) is 34.1 Å². The van der Waals surface area contributed by atoms with Crippen LogP contribution in [-0.2, 0) is 11.0 Å². The largest absolute Gasteiger partial charge is 0.481 e. The number of halogens is 2. The van der Waals surface area contributed by atoms with E-state index in [9.17, 15) is 13.0 Å². The van der Waals surface area contributed by atoms with E-state index in [1.807, 2.05) is 27.7 Å². The summed E-state index contributed by atoms with van der Waals surface area (Å²) in [6.45, 7) is 6.68. The first-order valence-corrected chi connectivity index (χ1v) is 7.94. The first-order chi connectivity index (χ1) is 10.1. The molecule has 0 aliphatic heterocycles. The predicted molar refractivity (Wildman–Crippen MR) is 81.7 cm³/mol. The van der Waals surface area contributed by atoms with Gasteiger partial charge in [-0.1, -0.05) is 0 Å². The molecule has 1 aromatic rings. The van der Waals surface area contributed by atoms with Gasteiger partial charge in [0.1, 0.15) is 0 Å². The average molecular weight is 336 g/mol. The molecule has 0 bridgehead atoms. The van der Waals surface area contributed by atoms with Crippen molar-refractivity contribution in [3.8, 4) is 11.8 Å². The molecule has 1 heterocycles. The maximum Gasteiger partial charge on any atom is 0.272 e. The molecule has 0 saturated heterocycles. The number of hydrogen-bond donors (Lipinski definition) is 1. The second-order valence-corrected chi connectivity index (χ2v) is 7.67. The Balaban J connectivity index is 2.88. The summed E-state index contributed by atoms with van der Waals surface area (Å²) in [6.07, 6.45) is -2.57. The van der Waals surface area contributed by atoms with E-state index in [0.29, 0.717) is 5.56 Å². The number of alkyl halides is 2. The molecule has 1 aromatic heterocycles. The number of methoxy groups -OCH3 is 1. The fraction of sp³-hybridized carbons (Fsp3) is 0.643. The average Bonchev–Trinajstić information content (AvgIpc) is 2.43. The van der Waals surface area contributed by atoms with Crippen LogP contribution in [0.4, 0.5) is 8.78 Å². The summed E-state index contributed by atoms with van der Waals surface area (Å²) in [6, 6.07) is 2.86. The van der Waals surface area contributed by atoms with Gasteiger partial charge in [0.05, 0.1) is 22.8 Å². The van der Waals surface area contributed by atoms with Gasteiger partial charge in [-0.05, 0) is 33.8 Å². The molecular formula is C14H22F2N2O3S. The van der Waals surface area contributed by atoms with Crippen molar-refractivity contribution in [2.75, 3.05) is 13.7 Å². The summed E-state index contributed by atoms with van der Waals surface area (Å²) in [5.41, 5.74) is 0.671. The van der Waals surface area contributed by atoms with Crippen molar-refractivity contribution >= 4 is 11.0 Å². The molecule has 2 atom stereocenters. The van der Waals surface area contributed by atoms with E-state index in [2.05, 4.69) is 9.71 Å². The van der Waals surface area contributed by atoms with Crippen molar-refractivity contribution in [1.29, 1.82) is 0 Å². The number of pyridine rings is 1. The second-order valence-electron chi connectivity index (χ2n) is 5.67. The number of aromatic nitrogens is 1. The lowest BCUT2D eigenvalue weighted by molar-refractivity contribution is 0.0792. The van der Waals surface area contributed by atoms with Gasteiger partial charge in [-0.25, -0.2) is 17.7 Å². The summed E-state index contributed by atoms with van der Waals surface area (Å²) >= 11 is 0. The molecule has 8 heteroatoms. The van der Waals surface area contributed by atoms with Crippen molar-refractivity contribution in [2.45, 2.75) is 44.9 Å². The highest BCUT2D eigenvalue weighted by atomic mass is 32.2. The molecule has 0 aliphatic carbocycles. The minimum atomic E-state index is -2.57. The number of nitrogens with one attached hydrogen (secondary N) is 1. The third-order valence-electron chi connectivity index (χ3n) is 2.72. The molecule has 126 valence electrons. The van der Waals surface area contributed by atoms with E-state index in [-0.39, 0.29) is 17.8 Å². The Morgan fingerprint density at radius 2 is 2.00 bits per heavy atom. The van der Waals surface area contributed by atoms with Crippen molar-refractivity contribution < 1.29 is 22.5 Å². The molecule has 0 aromatic carbocycles. The Bertz CT molecular complexity index is 521. The zero-order valence-electron chi connectivity index (χ0n) is 13.4. The highest BCUT2D eigenvalue weighted by molar-refractivity contribution is 7.84. The van der Waals surface area contributed by atoms with Crippen LogP contribution in [0.15, 0.2) is 12.1 Å². The van der Waals surface area contributed by atoms with Crippen LogP contribution in [0.1, 0.15) is 39.3 Å². The van der Waals surface area contributed by atoms with E-state index in [0.717, 1.165) is 0 Å². The maximum atomic E-state index is 12.1. The lowest BCUT2D eigenvalue weighted by Crippen LogP contribution is -2.35. The number of ether oxygens (including phenoxy) is 2. The van der Waals surface area contributed by atoms with Gasteiger partial charge in [-0.15, -0.1) is 0 Å². The molecule has 0 radical (unpaired) electrons. The van der Waals surface area contributed by atoms with E-state index in [1.54, 1.807) is 6.07 Å². The zero-order chi connectivity index (χ0) is 16.9. The normalized spacial score (nSPS) is 14.7. The van der Waals surface area contributed by atoms with E-state index in [1.165, 1.54) is 13.2 Å². The highest BCUT2D eigenvalue weighted by Crippen LogP contribution is 2.27. The van der Waals surface area contributed by atoms with Gasteiger partial charge in [0, 0.05) is 17.7 Å². The molecule has 1 N–H and O–H groups in total. The lowest BCUT2D eigenvalue weighted by atomic mass is 10.1. The predicted octanol–water partition coefficient (Wildman–Crippen LogP) is 2.85.